The molecule has 6 heteroatoms. The molecule has 0 atom stereocenters. The lowest BCUT2D eigenvalue weighted by Crippen LogP contribution is -2.38. The van der Waals surface area contributed by atoms with Crippen molar-refractivity contribution in [3.8, 4) is 5.75 Å². The Morgan fingerprint density at radius 3 is 2.55 bits per heavy atom. The highest BCUT2D eigenvalue weighted by Gasteiger charge is 2.20. The number of ether oxygens (including phenoxy) is 1. The lowest BCUT2D eigenvalue weighted by Gasteiger charge is -2.22. The molecule has 1 saturated heterocycles. The topological polar surface area (TPSA) is 61.9 Å². The molecule has 0 radical (unpaired) electrons. The Morgan fingerprint density at radius 2 is 1.81 bits per heavy atom. The van der Waals surface area contributed by atoms with Crippen molar-refractivity contribution in [2.75, 3.05) is 45.2 Å². The predicted octanol–water partition coefficient (Wildman–Crippen LogP) is 3.36. The third-order valence-corrected chi connectivity index (χ3v) is 5.71. The molecular weight excluding hydrogens is 390 g/mol. The average molecular weight is 424 g/mol. The first-order chi connectivity index (χ1) is 15.1. The molecule has 2 amide bonds. The number of rotatable bonds is 8. The first kappa shape index (κ1) is 22.8. The summed E-state index contributed by atoms with van der Waals surface area (Å²) in [7, 11) is 1.65. The molecule has 1 aliphatic rings. The van der Waals surface area contributed by atoms with E-state index >= 15 is 0 Å². The van der Waals surface area contributed by atoms with Crippen molar-refractivity contribution >= 4 is 17.5 Å². The molecule has 0 aromatic heterocycles. The summed E-state index contributed by atoms with van der Waals surface area (Å²) in [5.74, 6) is 0.996. The van der Waals surface area contributed by atoms with Crippen LogP contribution in [0.15, 0.2) is 48.5 Å². The van der Waals surface area contributed by atoms with Crippen molar-refractivity contribution in [2.24, 2.45) is 0 Å². The summed E-state index contributed by atoms with van der Waals surface area (Å²) >= 11 is 0. The van der Waals surface area contributed by atoms with Crippen molar-refractivity contribution in [3.05, 3.63) is 59.7 Å². The molecule has 1 N–H and O–H groups in total. The summed E-state index contributed by atoms with van der Waals surface area (Å²) in [5, 5.41) is 2.99. The number of methoxy groups -OCH3 is 1. The van der Waals surface area contributed by atoms with E-state index < -0.39 is 0 Å². The van der Waals surface area contributed by atoms with Crippen LogP contribution in [0.1, 0.15) is 30.9 Å². The maximum Gasteiger partial charge on any atom is 0.238 e. The van der Waals surface area contributed by atoms with Gasteiger partial charge in [-0.1, -0.05) is 31.2 Å². The maximum atomic E-state index is 12.7. The lowest BCUT2D eigenvalue weighted by molar-refractivity contribution is -0.131. The highest BCUT2D eigenvalue weighted by molar-refractivity contribution is 5.92. The van der Waals surface area contributed by atoms with Crippen LogP contribution in [0.4, 0.5) is 5.69 Å². The molecule has 6 nitrogen and oxygen atoms in total. The van der Waals surface area contributed by atoms with Gasteiger partial charge in [-0.3, -0.25) is 14.5 Å². The van der Waals surface area contributed by atoms with Crippen LogP contribution in [-0.4, -0.2) is 61.4 Å². The number of benzene rings is 2. The van der Waals surface area contributed by atoms with Crippen molar-refractivity contribution in [1.82, 2.24) is 9.80 Å². The second-order valence-electron chi connectivity index (χ2n) is 7.96. The Morgan fingerprint density at radius 1 is 1.00 bits per heavy atom. The van der Waals surface area contributed by atoms with Gasteiger partial charge < -0.3 is 15.0 Å². The molecule has 1 fully saturated rings. The number of hydrogen-bond acceptors (Lipinski definition) is 4. The van der Waals surface area contributed by atoms with Crippen LogP contribution >= 0.6 is 0 Å². The molecule has 2 aromatic carbocycles. The van der Waals surface area contributed by atoms with E-state index in [1.165, 1.54) is 5.56 Å². The van der Waals surface area contributed by atoms with Gasteiger partial charge in [-0.05, 0) is 54.7 Å². The van der Waals surface area contributed by atoms with E-state index in [2.05, 4.69) is 23.2 Å². The van der Waals surface area contributed by atoms with Crippen LogP contribution in [0.25, 0.3) is 0 Å². The highest BCUT2D eigenvalue weighted by Crippen LogP contribution is 2.14. The summed E-state index contributed by atoms with van der Waals surface area (Å²) in [4.78, 5) is 29.2. The van der Waals surface area contributed by atoms with Crippen LogP contribution in [0.2, 0.25) is 0 Å². The smallest absolute Gasteiger partial charge is 0.238 e. The minimum atomic E-state index is -0.00691. The van der Waals surface area contributed by atoms with E-state index in [9.17, 15) is 9.59 Å². The van der Waals surface area contributed by atoms with Gasteiger partial charge in [-0.2, -0.15) is 0 Å². The number of aryl methyl sites for hydroxylation is 2. The maximum absolute atomic E-state index is 12.7. The van der Waals surface area contributed by atoms with Gasteiger partial charge >= 0.3 is 0 Å². The van der Waals surface area contributed by atoms with Gasteiger partial charge in [0.25, 0.3) is 0 Å². The summed E-state index contributed by atoms with van der Waals surface area (Å²) < 4.78 is 5.18. The molecule has 0 spiro atoms. The Kier molecular flexibility index (Phi) is 8.47. The number of hydrogen-bond donors (Lipinski definition) is 1. The van der Waals surface area contributed by atoms with Crippen molar-refractivity contribution in [3.63, 3.8) is 0 Å². The molecule has 2 aromatic rings. The van der Waals surface area contributed by atoms with Gasteiger partial charge in [0.15, 0.2) is 0 Å². The average Bonchev–Trinajstić information content (AvgIpc) is 3.03. The fourth-order valence-corrected chi connectivity index (χ4v) is 3.85. The van der Waals surface area contributed by atoms with Gasteiger partial charge in [-0.15, -0.1) is 0 Å². The number of nitrogens with one attached hydrogen (secondary N) is 1. The van der Waals surface area contributed by atoms with Crippen LogP contribution in [0, 0.1) is 0 Å². The van der Waals surface area contributed by atoms with E-state index in [4.69, 9.17) is 4.74 Å². The Balaban J connectivity index is 1.43. The standard InChI is InChI=1S/C25H33N3O3/c1-3-20-6-4-7-22(18-20)26-24(29)19-27-14-5-15-28(17-16-27)25(30)13-10-21-8-11-23(31-2)12-9-21/h4,6-9,11-12,18H,3,5,10,13-17,19H2,1-2H3,(H,26,29). The molecular formula is C25H33N3O3. The molecule has 3 rings (SSSR count). The number of carbonyl (C=O) groups excluding carboxylic acids is 2. The Hall–Kier alpha value is -2.86. The van der Waals surface area contributed by atoms with Gasteiger partial charge in [0.1, 0.15) is 5.75 Å². The molecule has 31 heavy (non-hydrogen) atoms. The minimum absolute atomic E-state index is 0.00691. The molecule has 0 saturated carbocycles. The van der Waals surface area contributed by atoms with E-state index in [1.807, 2.05) is 47.4 Å². The second kappa shape index (κ2) is 11.5. The second-order valence-corrected chi connectivity index (χ2v) is 7.96. The first-order valence-corrected chi connectivity index (χ1v) is 11.1. The van der Waals surface area contributed by atoms with Gasteiger partial charge in [0, 0.05) is 38.3 Å². The van der Waals surface area contributed by atoms with Gasteiger partial charge in [-0.25, -0.2) is 0 Å². The van der Waals surface area contributed by atoms with Crippen molar-refractivity contribution in [1.29, 1.82) is 0 Å². The molecule has 0 aliphatic carbocycles. The summed E-state index contributed by atoms with van der Waals surface area (Å²) in [6, 6.07) is 15.8. The van der Waals surface area contributed by atoms with E-state index in [0.717, 1.165) is 55.9 Å². The SMILES string of the molecule is CCc1cccc(NC(=O)CN2CCCN(C(=O)CCc3ccc(OC)cc3)CC2)c1. The van der Waals surface area contributed by atoms with Crippen molar-refractivity contribution < 1.29 is 14.3 Å². The molecule has 0 unspecified atom stereocenters. The number of anilines is 1. The molecule has 0 bridgehead atoms. The normalized spacial score (nSPS) is 14.7. The quantitative estimate of drug-likeness (QED) is 0.707. The largest absolute Gasteiger partial charge is 0.497 e. The predicted molar refractivity (Wildman–Crippen MR) is 123 cm³/mol. The summed E-state index contributed by atoms with van der Waals surface area (Å²) in [5.41, 5.74) is 3.18. The van der Waals surface area contributed by atoms with E-state index in [0.29, 0.717) is 19.5 Å². The zero-order valence-corrected chi connectivity index (χ0v) is 18.6. The first-order valence-electron chi connectivity index (χ1n) is 11.1. The third-order valence-electron chi connectivity index (χ3n) is 5.71. The van der Waals surface area contributed by atoms with Crippen LogP contribution in [0.5, 0.6) is 5.75 Å². The molecule has 1 aliphatic heterocycles. The van der Waals surface area contributed by atoms with Crippen LogP contribution < -0.4 is 10.1 Å². The number of amides is 2. The monoisotopic (exact) mass is 423 g/mol. The third kappa shape index (κ3) is 7.10. The fraction of sp³-hybridized carbons (Fsp3) is 0.440. The van der Waals surface area contributed by atoms with Crippen LogP contribution in [0.3, 0.4) is 0 Å². The Bertz CT molecular complexity index is 867. The minimum Gasteiger partial charge on any atom is -0.497 e. The number of nitrogens with zero attached hydrogens (tertiary/aromatic N) is 2. The lowest BCUT2D eigenvalue weighted by atomic mass is 10.1. The molecule has 166 valence electrons. The van der Waals surface area contributed by atoms with Crippen LogP contribution in [-0.2, 0) is 22.4 Å². The van der Waals surface area contributed by atoms with Crippen molar-refractivity contribution in [2.45, 2.75) is 32.6 Å². The number of carbonyl (C=O) groups is 2. The van der Waals surface area contributed by atoms with Gasteiger partial charge in [0.2, 0.25) is 11.8 Å². The fourth-order valence-electron chi connectivity index (χ4n) is 3.85. The Labute approximate surface area is 185 Å². The zero-order chi connectivity index (χ0) is 22.1. The highest BCUT2D eigenvalue weighted by atomic mass is 16.5. The zero-order valence-electron chi connectivity index (χ0n) is 18.6. The summed E-state index contributed by atoms with van der Waals surface area (Å²) in [6.45, 7) is 5.41. The van der Waals surface area contributed by atoms with E-state index in [1.54, 1.807) is 7.11 Å². The molecule has 1 heterocycles. The van der Waals surface area contributed by atoms with Gasteiger partial charge in [0.05, 0.1) is 13.7 Å². The summed E-state index contributed by atoms with van der Waals surface area (Å²) in [6.07, 6.45) is 3.05. The van der Waals surface area contributed by atoms with E-state index in [-0.39, 0.29) is 11.8 Å².